The van der Waals surface area contributed by atoms with Gasteiger partial charge in [0.2, 0.25) is 0 Å². The zero-order valence-electron chi connectivity index (χ0n) is 9.31. The largest absolute Gasteiger partial charge is 0.496 e. The number of para-hydroxylation sites is 1. The number of benzene rings is 2. The molecule has 0 saturated carbocycles. The first-order chi connectivity index (χ1) is 8.22. The molecule has 0 fully saturated rings. The van der Waals surface area contributed by atoms with Crippen molar-refractivity contribution < 1.29 is 9.53 Å². The van der Waals surface area contributed by atoms with E-state index >= 15 is 0 Å². The van der Waals surface area contributed by atoms with Crippen LogP contribution in [0, 0.1) is 0 Å². The predicted octanol–water partition coefficient (Wildman–Crippen LogP) is 3.69. The third-order valence-corrected chi connectivity index (χ3v) is 2.93. The van der Waals surface area contributed by atoms with Gasteiger partial charge in [-0.15, -0.1) is 0 Å². The molecule has 3 heteroatoms. The van der Waals surface area contributed by atoms with E-state index in [0.717, 1.165) is 4.47 Å². The summed E-state index contributed by atoms with van der Waals surface area (Å²) >= 11 is 3.36. The van der Waals surface area contributed by atoms with Gasteiger partial charge in [-0.2, -0.15) is 0 Å². The predicted molar refractivity (Wildman–Crippen MR) is 70.6 cm³/mol. The van der Waals surface area contributed by atoms with Crippen molar-refractivity contribution in [3.63, 3.8) is 0 Å². The summed E-state index contributed by atoms with van der Waals surface area (Å²) in [5.74, 6) is 0.557. The van der Waals surface area contributed by atoms with Gasteiger partial charge in [-0.3, -0.25) is 4.79 Å². The molecule has 2 rings (SSSR count). The minimum Gasteiger partial charge on any atom is -0.496 e. The van der Waals surface area contributed by atoms with E-state index in [2.05, 4.69) is 15.9 Å². The van der Waals surface area contributed by atoms with Gasteiger partial charge in [-0.1, -0.05) is 40.2 Å². The van der Waals surface area contributed by atoms with Crippen LogP contribution in [0.4, 0.5) is 0 Å². The Morgan fingerprint density at radius 1 is 1.12 bits per heavy atom. The molecule has 0 aliphatic carbocycles. The molecule has 0 atom stereocenters. The Kier molecular flexibility index (Phi) is 3.59. The number of methoxy groups -OCH3 is 1. The van der Waals surface area contributed by atoms with Crippen molar-refractivity contribution in [3.05, 3.63) is 64.1 Å². The molecule has 0 saturated heterocycles. The molecule has 0 aliphatic rings. The first-order valence-electron chi connectivity index (χ1n) is 5.15. The average Bonchev–Trinajstić information content (AvgIpc) is 2.38. The van der Waals surface area contributed by atoms with E-state index in [0.29, 0.717) is 16.9 Å². The molecule has 0 bridgehead atoms. The molecule has 0 aromatic heterocycles. The number of halogens is 1. The van der Waals surface area contributed by atoms with E-state index in [1.54, 1.807) is 31.4 Å². The van der Waals surface area contributed by atoms with Gasteiger partial charge in [-0.25, -0.2) is 0 Å². The van der Waals surface area contributed by atoms with Gasteiger partial charge in [0.25, 0.3) is 0 Å². The van der Waals surface area contributed by atoms with Crippen molar-refractivity contribution >= 4 is 21.7 Å². The molecule has 0 heterocycles. The summed E-state index contributed by atoms with van der Waals surface area (Å²) in [4.78, 5) is 12.3. The van der Waals surface area contributed by atoms with Crippen LogP contribution in [0.25, 0.3) is 0 Å². The van der Waals surface area contributed by atoms with Gasteiger partial charge in [0.05, 0.1) is 12.7 Å². The highest BCUT2D eigenvalue weighted by Crippen LogP contribution is 2.22. The lowest BCUT2D eigenvalue weighted by Crippen LogP contribution is -2.03. The number of ketones is 1. The van der Waals surface area contributed by atoms with Crippen LogP contribution in [-0.2, 0) is 0 Å². The minimum absolute atomic E-state index is 0.0382. The molecular weight excluding hydrogens is 280 g/mol. The molecule has 0 unspecified atom stereocenters. The standard InChI is InChI=1S/C14H11BrO2/c1-17-13-8-3-2-7-12(13)14(16)10-5-4-6-11(15)9-10/h2-9H,1H3. The molecule has 0 radical (unpaired) electrons. The molecule has 2 aromatic carbocycles. The molecule has 86 valence electrons. The van der Waals surface area contributed by atoms with E-state index in [-0.39, 0.29) is 5.78 Å². The third kappa shape index (κ3) is 2.56. The normalized spacial score (nSPS) is 10.0. The Morgan fingerprint density at radius 3 is 2.59 bits per heavy atom. The lowest BCUT2D eigenvalue weighted by Gasteiger charge is -2.07. The summed E-state index contributed by atoms with van der Waals surface area (Å²) < 4.78 is 6.07. The maximum Gasteiger partial charge on any atom is 0.196 e. The Balaban J connectivity index is 2.44. The summed E-state index contributed by atoms with van der Waals surface area (Å²) in [6, 6.07) is 14.5. The summed E-state index contributed by atoms with van der Waals surface area (Å²) in [7, 11) is 1.56. The van der Waals surface area contributed by atoms with Crippen molar-refractivity contribution in [2.45, 2.75) is 0 Å². The van der Waals surface area contributed by atoms with E-state index < -0.39 is 0 Å². The fourth-order valence-electron chi connectivity index (χ4n) is 1.62. The lowest BCUT2D eigenvalue weighted by molar-refractivity contribution is 0.103. The van der Waals surface area contributed by atoms with Crippen molar-refractivity contribution in [2.75, 3.05) is 7.11 Å². The highest BCUT2D eigenvalue weighted by atomic mass is 79.9. The van der Waals surface area contributed by atoms with Crippen LogP contribution in [0.15, 0.2) is 53.0 Å². The number of carbonyl (C=O) groups excluding carboxylic acids is 1. The van der Waals surface area contributed by atoms with E-state index in [1.807, 2.05) is 24.3 Å². The van der Waals surface area contributed by atoms with Crippen molar-refractivity contribution in [1.29, 1.82) is 0 Å². The second-order valence-electron chi connectivity index (χ2n) is 3.54. The van der Waals surface area contributed by atoms with Gasteiger partial charge >= 0.3 is 0 Å². The highest BCUT2D eigenvalue weighted by Gasteiger charge is 2.13. The molecule has 2 nitrogen and oxygen atoms in total. The van der Waals surface area contributed by atoms with Gasteiger partial charge < -0.3 is 4.74 Å². The molecule has 0 N–H and O–H groups in total. The van der Waals surface area contributed by atoms with Gasteiger partial charge in [0.1, 0.15) is 5.75 Å². The molecule has 0 spiro atoms. The van der Waals surface area contributed by atoms with E-state index in [1.165, 1.54) is 0 Å². The third-order valence-electron chi connectivity index (χ3n) is 2.44. The van der Waals surface area contributed by atoms with Gasteiger partial charge in [0.15, 0.2) is 5.78 Å². The van der Waals surface area contributed by atoms with Crippen molar-refractivity contribution in [3.8, 4) is 5.75 Å². The van der Waals surface area contributed by atoms with Crippen LogP contribution in [-0.4, -0.2) is 12.9 Å². The average molecular weight is 291 g/mol. The van der Waals surface area contributed by atoms with Crippen molar-refractivity contribution in [1.82, 2.24) is 0 Å². The quantitative estimate of drug-likeness (QED) is 0.806. The Hall–Kier alpha value is -1.61. The second-order valence-corrected chi connectivity index (χ2v) is 4.46. The number of hydrogen-bond acceptors (Lipinski definition) is 2. The fraction of sp³-hybridized carbons (Fsp3) is 0.0714. The van der Waals surface area contributed by atoms with Crippen LogP contribution in [0.1, 0.15) is 15.9 Å². The zero-order chi connectivity index (χ0) is 12.3. The topological polar surface area (TPSA) is 26.3 Å². The highest BCUT2D eigenvalue weighted by molar-refractivity contribution is 9.10. The summed E-state index contributed by atoms with van der Waals surface area (Å²) in [6.45, 7) is 0. The van der Waals surface area contributed by atoms with Crippen molar-refractivity contribution in [2.24, 2.45) is 0 Å². The van der Waals surface area contributed by atoms with Gasteiger partial charge in [0, 0.05) is 10.0 Å². The lowest BCUT2D eigenvalue weighted by atomic mass is 10.0. The minimum atomic E-state index is -0.0382. The molecule has 17 heavy (non-hydrogen) atoms. The molecule has 0 amide bonds. The molecule has 0 aliphatic heterocycles. The summed E-state index contributed by atoms with van der Waals surface area (Å²) in [5.41, 5.74) is 1.22. The second kappa shape index (κ2) is 5.15. The monoisotopic (exact) mass is 290 g/mol. The van der Waals surface area contributed by atoms with Crippen LogP contribution in [0.3, 0.4) is 0 Å². The Labute approximate surface area is 108 Å². The van der Waals surface area contributed by atoms with Crippen LogP contribution in [0.2, 0.25) is 0 Å². The van der Waals surface area contributed by atoms with E-state index in [9.17, 15) is 4.79 Å². The Bertz CT molecular complexity index is 549. The Morgan fingerprint density at radius 2 is 1.88 bits per heavy atom. The molecule has 2 aromatic rings. The number of ether oxygens (including phenoxy) is 1. The fourth-order valence-corrected chi connectivity index (χ4v) is 2.02. The zero-order valence-corrected chi connectivity index (χ0v) is 10.9. The van der Waals surface area contributed by atoms with Crippen LogP contribution < -0.4 is 4.74 Å². The van der Waals surface area contributed by atoms with E-state index in [4.69, 9.17) is 4.74 Å². The SMILES string of the molecule is COc1ccccc1C(=O)c1cccc(Br)c1. The molecular formula is C14H11BrO2. The number of carbonyl (C=O) groups is 1. The summed E-state index contributed by atoms with van der Waals surface area (Å²) in [6.07, 6.45) is 0. The maximum absolute atomic E-state index is 12.3. The first kappa shape index (κ1) is 11.9. The smallest absolute Gasteiger partial charge is 0.196 e. The van der Waals surface area contributed by atoms with Gasteiger partial charge in [-0.05, 0) is 24.3 Å². The first-order valence-corrected chi connectivity index (χ1v) is 5.95. The van der Waals surface area contributed by atoms with Crippen LogP contribution in [0.5, 0.6) is 5.75 Å². The maximum atomic E-state index is 12.3. The number of rotatable bonds is 3. The number of hydrogen-bond donors (Lipinski definition) is 0. The summed E-state index contributed by atoms with van der Waals surface area (Å²) in [5, 5.41) is 0. The van der Waals surface area contributed by atoms with Crippen LogP contribution >= 0.6 is 15.9 Å².